The first-order valence-corrected chi connectivity index (χ1v) is 12.6. The maximum Gasteiger partial charge on any atom is 0.220 e. The van der Waals surface area contributed by atoms with Crippen LogP contribution in [-0.4, -0.2) is 68.0 Å². The maximum atomic E-state index is 14.6. The first kappa shape index (κ1) is 24.9. The fraction of sp³-hybridized carbons (Fsp3) is 0.296. The molecular formula is C27H28FN9O2. The van der Waals surface area contributed by atoms with Crippen molar-refractivity contribution in [2.24, 2.45) is 0 Å². The third kappa shape index (κ3) is 4.79. The summed E-state index contributed by atoms with van der Waals surface area (Å²) in [5.74, 6) is 1.15. The Morgan fingerprint density at radius 3 is 2.56 bits per heavy atom. The average Bonchev–Trinajstić information content (AvgIpc) is 3.35. The Hall–Kier alpha value is -4.42. The van der Waals surface area contributed by atoms with Crippen molar-refractivity contribution in [1.82, 2.24) is 29.5 Å². The first-order valence-electron chi connectivity index (χ1n) is 12.6. The highest BCUT2D eigenvalue weighted by Crippen LogP contribution is 2.32. The molecule has 0 unspecified atom stereocenters. The van der Waals surface area contributed by atoms with Crippen molar-refractivity contribution in [3.63, 3.8) is 0 Å². The number of nitrogens with zero attached hydrogens (tertiary/aromatic N) is 7. The molecule has 1 aliphatic heterocycles. The van der Waals surface area contributed by atoms with Crippen LogP contribution in [0.2, 0.25) is 0 Å². The number of pyridine rings is 4. The van der Waals surface area contributed by atoms with Gasteiger partial charge < -0.3 is 25.4 Å². The molecule has 1 aliphatic rings. The summed E-state index contributed by atoms with van der Waals surface area (Å²) in [6.45, 7) is 6.08. The predicted molar refractivity (Wildman–Crippen MR) is 147 cm³/mol. The predicted octanol–water partition coefficient (Wildman–Crippen LogP) is 3.72. The van der Waals surface area contributed by atoms with Crippen molar-refractivity contribution in [3.8, 4) is 11.4 Å². The number of fused-ring (bicyclic) bond motifs is 2. The van der Waals surface area contributed by atoms with Crippen LogP contribution in [-0.2, 0) is 10.3 Å². The molecule has 0 aliphatic carbocycles. The van der Waals surface area contributed by atoms with Gasteiger partial charge in [0.25, 0.3) is 0 Å². The SMILES string of the molecule is CNc1ncc(-c2nc3ccc(N4CCOCC4)cn3n2)c2cc(Nc3ccc(C(C)(C)O)c(F)n3)ncc12. The van der Waals surface area contributed by atoms with Gasteiger partial charge in [0.2, 0.25) is 5.95 Å². The fourth-order valence-corrected chi connectivity index (χ4v) is 4.67. The molecule has 0 spiro atoms. The fourth-order valence-electron chi connectivity index (χ4n) is 4.67. The van der Waals surface area contributed by atoms with E-state index in [4.69, 9.17) is 14.8 Å². The van der Waals surface area contributed by atoms with Crippen LogP contribution >= 0.6 is 0 Å². The maximum absolute atomic E-state index is 14.6. The second-order valence-electron chi connectivity index (χ2n) is 9.83. The van der Waals surface area contributed by atoms with Gasteiger partial charge in [-0.2, -0.15) is 4.39 Å². The van der Waals surface area contributed by atoms with Gasteiger partial charge in [-0.1, -0.05) is 0 Å². The molecule has 12 heteroatoms. The minimum absolute atomic E-state index is 0.112. The van der Waals surface area contributed by atoms with Crippen molar-refractivity contribution in [3.05, 3.63) is 60.4 Å². The molecule has 6 heterocycles. The summed E-state index contributed by atoms with van der Waals surface area (Å²) in [5, 5.41) is 22.7. The van der Waals surface area contributed by atoms with Crippen LogP contribution in [0, 0.1) is 5.95 Å². The molecule has 0 aromatic carbocycles. The number of ether oxygens (including phenoxy) is 1. The van der Waals surface area contributed by atoms with Gasteiger partial charge in [0.05, 0.1) is 30.7 Å². The van der Waals surface area contributed by atoms with Gasteiger partial charge in [-0.15, -0.1) is 5.10 Å². The quantitative estimate of drug-likeness (QED) is 0.280. The van der Waals surface area contributed by atoms with Gasteiger partial charge in [0, 0.05) is 54.4 Å². The minimum Gasteiger partial charge on any atom is -0.386 e. The van der Waals surface area contributed by atoms with Crippen molar-refractivity contribution in [2.45, 2.75) is 19.4 Å². The van der Waals surface area contributed by atoms with E-state index in [9.17, 15) is 9.50 Å². The summed E-state index contributed by atoms with van der Waals surface area (Å²) < 4.78 is 21.8. The van der Waals surface area contributed by atoms with Crippen LogP contribution in [0.1, 0.15) is 19.4 Å². The lowest BCUT2D eigenvalue weighted by molar-refractivity contribution is 0.0737. The molecule has 5 aromatic rings. The van der Waals surface area contributed by atoms with Gasteiger partial charge in [-0.25, -0.2) is 24.5 Å². The molecule has 0 atom stereocenters. The number of morpholine rings is 1. The molecule has 3 N–H and O–H groups in total. The highest BCUT2D eigenvalue weighted by molar-refractivity contribution is 6.01. The number of anilines is 4. The monoisotopic (exact) mass is 529 g/mol. The number of nitrogens with one attached hydrogen (secondary N) is 2. The van der Waals surface area contributed by atoms with Crippen molar-refractivity contribution in [1.29, 1.82) is 0 Å². The Labute approximate surface area is 223 Å². The molecule has 0 amide bonds. The Balaban J connectivity index is 1.38. The van der Waals surface area contributed by atoms with E-state index in [1.54, 1.807) is 30.0 Å². The molecule has 0 radical (unpaired) electrons. The highest BCUT2D eigenvalue weighted by Gasteiger charge is 2.22. The third-order valence-corrected chi connectivity index (χ3v) is 6.71. The minimum atomic E-state index is -1.34. The number of aliphatic hydroxyl groups is 1. The second kappa shape index (κ2) is 9.71. The molecular weight excluding hydrogens is 501 g/mol. The van der Waals surface area contributed by atoms with Crippen LogP contribution in [0.25, 0.3) is 27.8 Å². The normalized spacial score (nSPS) is 14.2. The Bertz CT molecular complexity index is 1680. The van der Waals surface area contributed by atoms with Gasteiger partial charge in [0.1, 0.15) is 17.5 Å². The van der Waals surface area contributed by atoms with Gasteiger partial charge >= 0.3 is 0 Å². The van der Waals surface area contributed by atoms with E-state index in [-0.39, 0.29) is 11.4 Å². The Morgan fingerprint density at radius 2 is 1.82 bits per heavy atom. The van der Waals surface area contributed by atoms with Crippen LogP contribution in [0.15, 0.2) is 48.9 Å². The summed E-state index contributed by atoms with van der Waals surface area (Å²) in [4.78, 5) is 20.0. The molecule has 200 valence electrons. The van der Waals surface area contributed by atoms with Gasteiger partial charge in [-0.3, -0.25) is 0 Å². The van der Waals surface area contributed by atoms with Crippen molar-refractivity contribution >= 4 is 39.6 Å². The Kier molecular flexibility index (Phi) is 6.20. The van der Waals surface area contributed by atoms with Gasteiger partial charge in [-0.05, 0) is 44.2 Å². The zero-order valence-corrected chi connectivity index (χ0v) is 21.8. The van der Waals surface area contributed by atoms with Gasteiger partial charge in [0.15, 0.2) is 11.5 Å². The average molecular weight is 530 g/mol. The molecule has 39 heavy (non-hydrogen) atoms. The van der Waals surface area contributed by atoms with E-state index in [1.807, 2.05) is 24.4 Å². The smallest absolute Gasteiger partial charge is 0.220 e. The topological polar surface area (TPSA) is 126 Å². The Morgan fingerprint density at radius 1 is 1.00 bits per heavy atom. The molecule has 11 nitrogen and oxygen atoms in total. The highest BCUT2D eigenvalue weighted by atomic mass is 19.1. The molecule has 0 saturated carbocycles. The van der Waals surface area contributed by atoms with E-state index >= 15 is 0 Å². The van der Waals surface area contributed by atoms with Crippen molar-refractivity contribution in [2.75, 3.05) is 48.9 Å². The van der Waals surface area contributed by atoms with Crippen LogP contribution in [0.3, 0.4) is 0 Å². The lowest BCUT2D eigenvalue weighted by Gasteiger charge is -2.28. The number of hydrogen-bond donors (Lipinski definition) is 3. The second-order valence-corrected chi connectivity index (χ2v) is 9.83. The van der Waals surface area contributed by atoms with E-state index in [0.717, 1.165) is 35.1 Å². The summed E-state index contributed by atoms with van der Waals surface area (Å²) in [6.07, 6.45) is 5.39. The number of hydrogen-bond acceptors (Lipinski definition) is 10. The standard InChI is InChI=1S/C27H28FN9O2/c1-27(2,38)20-5-6-21(33-24(20)28)32-22-12-17-18(13-30-22)25(29-3)31-14-19(17)26-34-23-7-4-16(15-37(23)35-26)36-8-10-39-11-9-36/h4-7,12-15,38H,8-11H2,1-3H3,(H,29,31)(H,30,32,33). The van der Waals surface area contributed by atoms with Crippen LogP contribution < -0.4 is 15.5 Å². The number of rotatable bonds is 6. The molecule has 5 aromatic heterocycles. The van der Waals surface area contributed by atoms with E-state index in [1.165, 1.54) is 19.9 Å². The summed E-state index contributed by atoms with van der Waals surface area (Å²) in [5.41, 5.74) is 1.27. The first-order chi connectivity index (χ1) is 18.8. The molecule has 1 saturated heterocycles. The molecule has 6 rings (SSSR count). The number of aromatic nitrogens is 6. The summed E-state index contributed by atoms with van der Waals surface area (Å²) in [7, 11) is 1.79. The van der Waals surface area contributed by atoms with Crippen LogP contribution in [0.5, 0.6) is 0 Å². The lowest BCUT2D eigenvalue weighted by Crippen LogP contribution is -2.36. The zero-order chi connectivity index (χ0) is 27.1. The number of halogens is 1. The van der Waals surface area contributed by atoms with E-state index in [2.05, 4.69) is 30.5 Å². The molecule has 0 bridgehead atoms. The van der Waals surface area contributed by atoms with Crippen molar-refractivity contribution < 1.29 is 14.2 Å². The summed E-state index contributed by atoms with van der Waals surface area (Å²) >= 11 is 0. The lowest BCUT2D eigenvalue weighted by atomic mass is 10.0. The van der Waals surface area contributed by atoms with E-state index in [0.29, 0.717) is 36.3 Å². The molecule has 1 fully saturated rings. The van der Waals surface area contributed by atoms with E-state index < -0.39 is 11.5 Å². The largest absolute Gasteiger partial charge is 0.386 e. The summed E-state index contributed by atoms with van der Waals surface area (Å²) in [6, 6.07) is 8.93. The zero-order valence-electron chi connectivity index (χ0n) is 21.8. The van der Waals surface area contributed by atoms with Crippen LogP contribution in [0.4, 0.5) is 27.5 Å². The third-order valence-electron chi connectivity index (χ3n) is 6.71.